The monoisotopic (exact) mass is 828 g/mol. The molecule has 13 aromatic rings. The smallest absolute Gasteiger partial charge is 0.165 e. The maximum absolute atomic E-state index is 9.29. The number of hydrogen-bond donors (Lipinski definition) is 0. The minimum atomic E-state index is -0.168. The largest absolute Gasteiger partial charge is 0.455 e. The molecule has 13 rings (SSSR count). The van der Waals surface area contributed by atoms with Crippen molar-refractivity contribution in [3.05, 3.63) is 206 Å². The van der Waals surface area contributed by atoms with Crippen LogP contribution in [-0.2, 0) is 0 Å². The van der Waals surface area contributed by atoms with Gasteiger partial charge in [0.2, 0.25) is 0 Å². The third-order valence-electron chi connectivity index (χ3n) is 11.8. The minimum Gasteiger partial charge on any atom is -0.455 e. The Morgan fingerprint density at radius 3 is 1.65 bits per heavy atom. The normalized spacial score (nSPS) is 13.1. The first-order valence-electron chi connectivity index (χ1n) is 23.6. The highest BCUT2D eigenvalue weighted by Crippen LogP contribution is 2.46. The van der Waals surface area contributed by atoms with E-state index in [2.05, 4.69) is 42.5 Å². The number of para-hydroxylation sites is 4. The lowest BCUT2D eigenvalue weighted by Crippen LogP contribution is -2.00. The molecule has 9 aromatic carbocycles. The van der Waals surface area contributed by atoms with E-state index in [0.717, 1.165) is 75.5 Å². The Bertz CT molecular complexity index is 4150. The van der Waals surface area contributed by atoms with Crippen LogP contribution in [0.5, 0.6) is 0 Å². The standard InChI is InChI=1S/C57H34N4OS/c1-3-16-35(17-4-1)55-58-56(36-18-5-2-6-19-36)60-57(59-55)46-28-15-27-45-44-26-13-23-38(53(44)63-54(45)46)37-32-33-50(61-48-29-10-7-20-39(48)40-21-8-11-30-49(40)61)47(34-37)43-25-14-24-42-41-22-9-12-31-51(41)62-52(42)43/h1-34H/i7D,8D,20D,21D,29D,30D. The zero-order valence-electron chi connectivity index (χ0n) is 39.3. The molecule has 0 spiro atoms. The van der Waals surface area contributed by atoms with E-state index in [1.165, 1.54) is 12.1 Å². The van der Waals surface area contributed by atoms with Gasteiger partial charge in [-0.05, 0) is 47.5 Å². The first-order chi connectivity index (χ1) is 33.7. The molecular weight excluding hydrogens is 789 g/mol. The molecule has 0 aliphatic carbocycles. The summed E-state index contributed by atoms with van der Waals surface area (Å²) >= 11 is 1.68. The van der Waals surface area contributed by atoms with E-state index < -0.39 is 0 Å². The molecule has 0 aliphatic rings. The van der Waals surface area contributed by atoms with Gasteiger partial charge in [-0.3, -0.25) is 0 Å². The highest BCUT2D eigenvalue weighted by atomic mass is 32.1. The summed E-state index contributed by atoms with van der Waals surface area (Å²) in [4.78, 5) is 15.1. The van der Waals surface area contributed by atoms with Gasteiger partial charge in [0.25, 0.3) is 0 Å². The van der Waals surface area contributed by atoms with Crippen molar-refractivity contribution < 1.29 is 12.6 Å². The summed E-state index contributed by atoms with van der Waals surface area (Å²) in [5, 5.41) is 4.42. The Morgan fingerprint density at radius 1 is 0.413 bits per heavy atom. The second-order valence-corrected chi connectivity index (χ2v) is 16.4. The minimum absolute atomic E-state index is 0.0275. The highest BCUT2D eigenvalue weighted by molar-refractivity contribution is 7.26. The van der Waals surface area contributed by atoms with Gasteiger partial charge in [-0.25, -0.2) is 15.0 Å². The highest BCUT2D eigenvalue weighted by Gasteiger charge is 2.22. The Balaban J connectivity index is 1.08. The third-order valence-corrected chi connectivity index (χ3v) is 13.1. The topological polar surface area (TPSA) is 56.7 Å². The van der Waals surface area contributed by atoms with Gasteiger partial charge in [0.15, 0.2) is 17.5 Å². The molecule has 0 amide bonds. The number of nitrogens with zero attached hydrogens (tertiary/aromatic N) is 4. The Hall–Kier alpha value is -8.19. The van der Waals surface area contributed by atoms with Crippen molar-refractivity contribution in [3.8, 4) is 62.1 Å². The summed E-state index contributed by atoms with van der Waals surface area (Å²) in [5.41, 5.74) is 8.61. The van der Waals surface area contributed by atoms with Crippen molar-refractivity contribution in [1.82, 2.24) is 19.5 Å². The van der Waals surface area contributed by atoms with Gasteiger partial charge < -0.3 is 8.98 Å². The summed E-state index contributed by atoms with van der Waals surface area (Å²) in [7, 11) is 0. The van der Waals surface area contributed by atoms with Crippen LogP contribution < -0.4 is 0 Å². The van der Waals surface area contributed by atoms with Gasteiger partial charge in [-0.1, -0.05) is 170 Å². The average molecular weight is 829 g/mol. The van der Waals surface area contributed by atoms with Crippen LogP contribution in [0.25, 0.3) is 126 Å². The first kappa shape index (κ1) is 29.9. The number of aromatic nitrogens is 4. The van der Waals surface area contributed by atoms with Crippen LogP contribution in [0, 0.1) is 0 Å². The number of rotatable bonds is 6. The summed E-state index contributed by atoms with van der Waals surface area (Å²) in [6.45, 7) is 0. The molecule has 6 heteroatoms. The fourth-order valence-electron chi connectivity index (χ4n) is 8.98. The predicted octanol–water partition coefficient (Wildman–Crippen LogP) is 15.6. The van der Waals surface area contributed by atoms with Crippen molar-refractivity contribution >= 4 is 75.3 Å². The van der Waals surface area contributed by atoms with E-state index in [1.807, 2.05) is 115 Å². The van der Waals surface area contributed by atoms with Gasteiger partial charge in [0.1, 0.15) is 11.2 Å². The van der Waals surface area contributed by atoms with Gasteiger partial charge >= 0.3 is 0 Å². The van der Waals surface area contributed by atoms with Crippen LogP contribution in [0.3, 0.4) is 0 Å². The lowest BCUT2D eigenvalue weighted by Gasteiger charge is -2.16. The molecule has 0 bridgehead atoms. The molecule has 0 saturated carbocycles. The van der Waals surface area contributed by atoms with Crippen molar-refractivity contribution in [2.75, 3.05) is 0 Å². The van der Waals surface area contributed by atoms with Crippen LogP contribution in [0.4, 0.5) is 0 Å². The number of benzene rings is 9. The van der Waals surface area contributed by atoms with E-state index in [-0.39, 0.29) is 58.1 Å². The molecule has 0 fully saturated rings. The molecule has 63 heavy (non-hydrogen) atoms. The fraction of sp³-hybridized carbons (Fsp3) is 0. The van der Waals surface area contributed by atoms with E-state index in [9.17, 15) is 2.74 Å². The Labute approximate surface area is 374 Å². The molecule has 0 radical (unpaired) electrons. The van der Waals surface area contributed by atoms with E-state index >= 15 is 0 Å². The number of thiophene rings is 1. The molecule has 294 valence electrons. The van der Waals surface area contributed by atoms with E-state index in [4.69, 9.17) is 24.9 Å². The molecule has 4 aromatic heterocycles. The van der Waals surface area contributed by atoms with Gasteiger partial charge in [0.05, 0.1) is 24.9 Å². The van der Waals surface area contributed by atoms with Crippen molar-refractivity contribution in [1.29, 1.82) is 0 Å². The third kappa shape index (κ3) is 5.66. The molecule has 0 aliphatic heterocycles. The van der Waals surface area contributed by atoms with Gasteiger partial charge in [-0.15, -0.1) is 11.3 Å². The van der Waals surface area contributed by atoms with Crippen molar-refractivity contribution in [3.63, 3.8) is 0 Å². The molecule has 4 heterocycles. The molecule has 0 unspecified atom stereocenters. The zero-order chi connectivity index (χ0) is 46.7. The summed E-state index contributed by atoms with van der Waals surface area (Å²) in [6.07, 6.45) is 0. The summed E-state index contributed by atoms with van der Waals surface area (Å²) in [5.74, 6) is 1.74. The summed E-state index contributed by atoms with van der Waals surface area (Å²) < 4.78 is 64.5. The summed E-state index contributed by atoms with van der Waals surface area (Å²) in [6, 6.07) is 54.5. The molecule has 0 saturated heterocycles. The second kappa shape index (κ2) is 14.2. The van der Waals surface area contributed by atoms with Crippen LogP contribution in [0.2, 0.25) is 0 Å². The second-order valence-electron chi connectivity index (χ2n) is 15.4. The van der Waals surface area contributed by atoms with E-state index in [0.29, 0.717) is 28.7 Å². The quantitative estimate of drug-likeness (QED) is 0.168. The molecular formula is C57H34N4OS. The Morgan fingerprint density at radius 2 is 0.968 bits per heavy atom. The van der Waals surface area contributed by atoms with Gasteiger partial charge in [-0.2, -0.15) is 0 Å². The fourth-order valence-corrected chi connectivity index (χ4v) is 10.3. The molecule has 5 nitrogen and oxygen atoms in total. The zero-order valence-corrected chi connectivity index (χ0v) is 34.1. The number of hydrogen-bond acceptors (Lipinski definition) is 5. The number of fused-ring (bicyclic) bond motifs is 9. The number of furan rings is 1. The Kier molecular flexibility index (Phi) is 6.75. The van der Waals surface area contributed by atoms with Crippen LogP contribution in [-0.4, -0.2) is 19.5 Å². The van der Waals surface area contributed by atoms with Crippen LogP contribution in [0.1, 0.15) is 8.22 Å². The van der Waals surface area contributed by atoms with Crippen molar-refractivity contribution in [2.45, 2.75) is 0 Å². The molecule has 0 atom stereocenters. The van der Waals surface area contributed by atoms with Gasteiger partial charge in [0, 0.05) is 69.5 Å². The predicted molar refractivity (Wildman–Crippen MR) is 262 cm³/mol. The maximum Gasteiger partial charge on any atom is 0.165 e. The average Bonchev–Trinajstić information content (AvgIpc) is 4.09. The lowest BCUT2D eigenvalue weighted by atomic mass is 9.95. The maximum atomic E-state index is 9.29. The van der Waals surface area contributed by atoms with Crippen LogP contribution in [0.15, 0.2) is 211 Å². The van der Waals surface area contributed by atoms with E-state index in [1.54, 1.807) is 15.9 Å². The lowest BCUT2D eigenvalue weighted by molar-refractivity contribution is 0.670. The van der Waals surface area contributed by atoms with Crippen molar-refractivity contribution in [2.24, 2.45) is 0 Å². The van der Waals surface area contributed by atoms with Crippen LogP contribution >= 0.6 is 11.3 Å². The SMILES string of the molecule is [2H]c1cc([2H])c2c(c1[2H])c1c([2H])c([2H])cc([2H])c1n2-c1ccc(-c2cccc3c2sc2c(-c4nc(-c5ccccc5)nc(-c5ccccc5)n4)cccc23)cc1-c1cccc2c1oc1ccccc12. The first-order valence-corrected chi connectivity index (χ1v) is 21.4. The molecule has 0 N–H and O–H groups in total.